The molecule has 92 valence electrons. The van der Waals surface area contributed by atoms with Crippen LogP contribution in [-0.2, 0) is 0 Å². The van der Waals surface area contributed by atoms with Gasteiger partial charge in [-0.25, -0.2) is 0 Å². The maximum Gasteiger partial charge on any atom is 0.0497 e. The minimum atomic E-state index is 0.191. The Morgan fingerprint density at radius 2 is 2.00 bits per heavy atom. The van der Waals surface area contributed by atoms with E-state index in [1.54, 1.807) is 0 Å². The van der Waals surface area contributed by atoms with Gasteiger partial charge in [0.15, 0.2) is 0 Å². The zero-order chi connectivity index (χ0) is 12.1. The summed E-state index contributed by atoms with van der Waals surface area (Å²) >= 11 is 5.89. The van der Waals surface area contributed by atoms with E-state index >= 15 is 0 Å². The van der Waals surface area contributed by atoms with Crippen molar-refractivity contribution in [1.29, 1.82) is 0 Å². The Hall–Kier alpha value is -0.830. The summed E-state index contributed by atoms with van der Waals surface area (Å²) in [6, 6.07) is 8.09. The molecule has 0 radical (unpaired) electrons. The minimum Gasteiger partial charge on any atom is -0.271 e. The minimum absolute atomic E-state index is 0.191. The van der Waals surface area contributed by atoms with E-state index in [-0.39, 0.29) is 6.04 Å². The fourth-order valence-electron chi connectivity index (χ4n) is 2.32. The van der Waals surface area contributed by atoms with Crippen LogP contribution in [0.1, 0.15) is 43.7 Å². The molecule has 1 aliphatic carbocycles. The van der Waals surface area contributed by atoms with Gasteiger partial charge in [-0.1, -0.05) is 35.4 Å². The second-order valence-corrected chi connectivity index (χ2v) is 5.02. The van der Waals surface area contributed by atoms with Crippen molar-refractivity contribution in [2.24, 2.45) is 5.84 Å². The zero-order valence-corrected chi connectivity index (χ0v) is 10.7. The van der Waals surface area contributed by atoms with Gasteiger partial charge in [-0.3, -0.25) is 11.3 Å². The van der Waals surface area contributed by atoms with Gasteiger partial charge in [0, 0.05) is 11.1 Å². The number of benzene rings is 1. The van der Waals surface area contributed by atoms with Crippen molar-refractivity contribution in [3.63, 3.8) is 0 Å². The molecule has 2 rings (SSSR count). The first-order valence-electron chi connectivity index (χ1n) is 6.19. The van der Waals surface area contributed by atoms with Gasteiger partial charge >= 0.3 is 0 Å². The highest BCUT2D eigenvalue weighted by Crippen LogP contribution is 2.27. The Morgan fingerprint density at radius 1 is 1.24 bits per heavy atom. The zero-order valence-electron chi connectivity index (χ0n) is 9.95. The summed E-state index contributed by atoms with van der Waals surface area (Å²) in [5.41, 5.74) is 5.62. The lowest BCUT2D eigenvalue weighted by Gasteiger charge is -2.20. The molecule has 0 saturated carbocycles. The molecule has 3 N–H and O–H groups in total. The van der Waals surface area contributed by atoms with Crippen LogP contribution in [-0.4, -0.2) is 0 Å². The van der Waals surface area contributed by atoms with Crippen LogP contribution >= 0.6 is 11.6 Å². The van der Waals surface area contributed by atoms with E-state index in [1.165, 1.54) is 36.8 Å². The van der Waals surface area contributed by atoms with Gasteiger partial charge in [0.1, 0.15) is 0 Å². The van der Waals surface area contributed by atoms with Gasteiger partial charge < -0.3 is 0 Å². The Morgan fingerprint density at radius 3 is 2.59 bits per heavy atom. The average Bonchev–Trinajstić information content (AvgIpc) is 2.38. The molecule has 17 heavy (non-hydrogen) atoms. The van der Waals surface area contributed by atoms with Gasteiger partial charge in [0.25, 0.3) is 0 Å². The third kappa shape index (κ3) is 3.56. The van der Waals surface area contributed by atoms with Crippen LogP contribution in [0.2, 0.25) is 5.02 Å². The molecule has 1 aliphatic rings. The fraction of sp³-hybridized carbons (Fsp3) is 0.429. The summed E-state index contributed by atoms with van der Waals surface area (Å²) in [5, 5.41) is 0.765. The van der Waals surface area contributed by atoms with Crippen molar-refractivity contribution < 1.29 is 0 Å². The molecular formula is C14H19ClN2. The van der Waals surface area contributed by atoms with Crippen LogP contribution in [0.15, 0.2) is 35.9 Å². The number of hydrazine groups is 1. The van der Waals surface area contributed by atoms with E-state index < -0.39 is 0 Å². The van der Waals surface area contributed by atoms with Crippen LogP contribution in [0, 0.1) is 0 Å². The lowest BCUT2D eigenvalue weighted by molar-refractivity contribution is 0.529. The molecule has 1 aromatic carbocycles. The summed E-state index contributed by atoms with van der Waals surface area (Å²) < 4.78 is 0. The summed E-state index contributed by atoms with van der Waals surface area (Å²) in [7, 11) is 0. The largest absolute Gasteiger partial charge is 0.271 e. The lowest BCUT2D eigenvalue weighted by atomic mass is 9.92. The van der Waals surface area contributed by atoms with Crippen molar-refractivity contribution in [1.82, 2.24) is 5.43 Å². The highest BCUT2D eigenvalue weighted by atomic mass is 35.5. The second-order valence-electron chi connectivity index (χ2n) is 4.58. The standard InChI is InChI=1S/C14H19ClN2/c15-13-8-6-12(7-9-13)14(17-16)10-11-4-2-1-3-5-11/h4,6-9,14,17H,1-3,5,10,16H2. The number of nitrogens with two attached hydrogens (primary N) is 1. The molecule has 0 fully saturated rings. The molecule has 0 aliphatic heterocycles. The molecule has 1 atom stereocenters. The molecule has 0 amide bonds. The first-order valence-corrected chi connectivity index (χ1v) is 6.57. The SMILES string of the molecule is NNC(CC1=CCCCC1)c1ccc(Cl)cc1. The second kappa shape index (κ2) is 6.20. The van der Waals surface area contributed by atoms with Gasteiger partial charge in [-0.2, -0.15) is 0 Å². The van der Waals surface area contributed by atoms with E-state index in [1.807, 2.05) is 24.3 Å². The van der Waals surface area contributed by atoms with Gasteiger partial charge in [0.2, 0.25) is 0 Å². The third-order valence-electron chi connectivity index (χ3n) is 3.32. The quantitative estimate of drug-likeness (QED) is 0.485. The van der Waals surface area contributed by atoms with E-state index in [0.717, 1.165) is 11.4 Å². The number of nitrogens with one attached hydrogen (secondary N) is 1. The Labute approximate surface area is 108 Å². The van der Waals surface area contributed by atoms with Crippen molar-refractivity contribution in [3.05, 3.63) is 46.5 Å². The number of rotatable bonds is 4. The molecule has 0 spiro atoms. The summed E-state index contributed by atoms with van der Waals surface area (Å²) in [4.78, 5) is 0. The van der Waals surface area contributed by atoms with Gasteiger partial charge in [-0.15, -0.1) is 0 Å². The summed E-state index contributed by atoms with van der Waals surface area (Å²) in [6.07, 6.45) is 8.43. The van der Waals surface area contributed by atoms with Crippen LogP contribution in [0.5, 0.6) is 0 Å². The highest BCUT2D eigenvalue weighted by Gasteiger charge is 2.13. The molecular weight excluding hydrogens is 232 g/mol. The fourth-order valence-corrected chi connectivity index (χ4v) is 2.45. The Kier molecular flexibility index (Phi) is 4.60. The predicted molar refractivity (Wildman–Crippen MR) is 72.7 cm³/mol. The number of hydrogen-bond acceptors (Lipinski definition) is 2. The van der Waals surface area contributed by atoms with Crippen LogP contribution < -0.4 is 11.3 Å². The van der Waals surface area contributed by atoms with Crippen LogP contribution in [0.4, 0.5) is 0 Å². The molecule has 1 aromatic rings. The van der Waals surface area contributed by atoms with E-state index in [0.29, 0.717) is 0 Å². The Balaban J connectivity index is 2.05. The monoisotopic (exact) mass is 250 g/mol. The summed E-state index contributed by atoms with van der Waals surface area (Å²) in [5.74, 6) is 5.65. The number of hydrogen-bond donors (Lipinski definition) is 2. The molecule has 2 nitrogen and oxygen atoms in total. The third-order valence-corrected chi connectivity index (χ3v) is 3.58. The van der Waals surface area contributed by atoms with E-state index in [4.69, 9.17) is 17.4 Å². The van der Waals surface area contributed by atoms with Gasteiger partial charge in [0.05, 0.1) is 0 Å². The average molecular weight is 251 g/mol. The Bertz CT molecular complexity index is 384. The lowest BCUT2D eigenvalue weighted by Crippen LogP contribution is -2.28. The molecule has 0 saturated heterocycles. The van der Waals surface area contributed by atoms with Crippen LogP contribution in [0.3, 0.4) is 0 Å². The molecule has 3 heteroatoms. The van der Waals surface area contributed by atoms with Crippen molar-refractivity contribution in [2.45, 2.75) is 38.1 Å². The first kappa shape index (κ1) is 12.6. The normalized spacial score (nSPS) is 17.6. The van der Waals surface area contributed by atoms with Gasteiger partial charge in [-0.05, 0) is 49.8 Å². The highest BCUT2D eigenvalue weighted by molar-refractivity contribution is 6.30. The van der Waals surface area contributed by atoms with Crippen molar-refractivity contribution in [2.75, 3.05) is 0 Å². The van der Waals surface area contributed by atoms with E-state index in [9.17, 15) is 0 Å². The maximum atomic E-state index is 5.89. The molecule has 0 aromatic heterocycles. The molecule has 0 heterocycles. The maximum absolute atomic E-state index is 5.89. The van der Waals surface area contributed by atoms with Crippen molar-refractivity contribution in [3.8, 4) is 0 Å². The van der Waals surface area contributed by atoms with Crippen molar-refractivity contribution >= 4 is 11.6 Å². The summed E-state index contributed by atoms with van der Waals surface area (Å²) in [6.45, 7) is 0. The topological polar surface area (TPSA) is 38.0 Å². The number of halogens is 1. The smallest absolute Gasteiger partial charge is 0.0497 e. The predicted octanol–water partition coefficient (Wildman–Crippen LogP) is 3.73. The van der Waals surface area contributed by atoms with Crippen LogP contribution in [0.25, 0.3) is 0 Å². The molecule has 0 bridgehead atoms. The van der Waals surface area contributed by atoms with E-state index in [2.05, 4.69) is 11.5 Å². The number of allylic oxidation sites excluding steroid dienone is 1. The molecule has 1 unspecified atom stereocenters. The first-order chi connectivity index (χ1) is 8.29.